The van der Waals surface area contributed by atoms with Crippen LogP contribution in [-0.2, 0) is 16.1 Å². The highest BCUT2D eigenvalue weighted by atomic mass is 16.5. The van der Waals surface area contributed by atoms with Gasteiger partial charge in [-0.15, -0.1) is 0 Å². The second-order valence-electron chi connectivity index (χ2n) is 6.69. The first-order valence-electron chi connectivity index (χ1n) is 9.14. The Kier molecular flexibility index (Phi) is 6.22. The third kappa shape index (κ3) is 6.09. The van der Waals surface area contributed by atoms with E-state index in [-0.39, 0.29) is 11.8 Å². The summed E-state index contributed by atoms with van der Waals surface area (Å²) in [6.45, 7) is 1.68. The van der Waals surface area contributed by atoms with E-state index in [1.54, 1.807) is 36.4 Å². The minimum Gasteiger partial charge on any atom is -0.427 e. The van der Waals surface area contributed by atoms with Crippen molar-refractivity contribution in [2.45, 2.75) is 26.3 Å². The van der Waals surface area contributed by atoms with Gasteiger partial charge in [-0.2, -0.15) is 0 Å². The molecule has 0 aromatic heterocycles. The zero-order valence-electron chi connectivity index (χ0n) is 15.6. The zero-order valence-corrected chi connectivity index (χ0v) is 15.6. The van der Waals surface area contributed by atoms with E-state index in [9.17, 15) is 14.4 Å². The van der Waals surface area contributed by atoms with Crippen LogP contribution in [-0.4, -0.2) is 17.8 Å². The summed E-state index contributed by atoms with van der Waals surface area (Å²) < 4.78 is 5.00. The Hall–Kier alpha value is -3.41. The second-order valence-corrected chi connectivity index (χ2v) is 6.69. The summed E-state index contributed by atoms with van der Waals surface area (Å²) in [6.07, 6.45) is 5.85. The number of esters is 1. The van der Waals surface area contributed by atoms with Gasteiger partial charge in [-0.25, -0.2) is 0 Å². The molecule has 28 heavy (non-hydrogen) atoms. The van der Waals surface area contributed by atoms with Crippen LogP contribution in [0.1, 0.15) is 35.7 Å². The highest BCUT2D eigenvalue weighted by molar-refractivity contribution is 6.04. The van der Waals surface area contributed by atoms with Gasteiger partial charge < -0.3 is 15.4 Å². The fourth-order valence-corrected chi connectivity index (χ4v) is 2.59. The number of benzene rings is 2. The zero-order chi connectivity index (χ0) is 19.9. The number of anilines is 1. The van der Waals surface area contributed by atoms with Crippen molar-refractivity contribution >= 4 is 23.5 Å². The molecule has 2 amide bonds. The number of hydrogen-bond acceptors (Lipinski definition) is 4. The molecule has 0 bridgehead atoms. The summed E-state index contributed by atoms with van der Waals surface area (Å²) in [5, 5.41) is 5.64. The van der Waals surface area contributed by atoms with Crippen molar-refractivity contribution in [3.8, 4) is 5.75 Å². The molecule has 2 N–H and O–H groups in total. The second kappa shape index (κ2) is 8.99. The quantitative estimate of drug-likeness (QED) is 0.439. The van der Waals surface area contributed by atoms with Crippen LogP contribution in [0.3, 0.4) is 0 Å². The molecule has 1 fully saturated rings. The fourth-order valence-electron chi connectivity index (χ4n) is 2.59. The van der Waals surface area contributed by atoms with Crippen LogP contribution < -0.4 is 15.4 Å². The average Bonchev–Trinajstić information content (AvgIpc) is 3.49. The first kappa shape index (κ1) is 19.4. The van der Waals surface area contributed by atoms with Crippen LogP contribution >= 0.6 is 0 Å². The fraction of sp³-hybridized carbons (Fsp3) is 0.227. The van der Waals surface area contributed by atoms with Crippen molar-refractivity contribution in [2.75, 3.05) is 5.32 Å². The van der Waals surface area contributed by atoms with Gasteiger partial charge in [0.05, 0.1) is 0 Å². The average molecular weight is 378 g/mol. The summed E-state index contributed by atoms with van der Waals surface area (Å²) in [4.78, 5) is 35.3. The van der Waals surface area contributed by atoms with Crippen molar-refractivity contribution in [1.29, 1.82) is 0 Å². The maximum absolute atomic E-state index is 12.5. The number of nitrogens with one attached hydrogen (secondary N) is 2. The Labute approximate surface area is 163 Å². The molecule has 6 nitrogen and oxygen atoms in total. The topological polar surface area (TPSA) is 84.5 Å². The van der Waals surface area contributed by atoms with E-state index in [1.807, 2.05) is 18.2 Å². The molecular formula is C22H22N2O4. The molecule has 0 saturated heterocycles. The summed E-state index contributed by atoms with van der Waals surface area (Å²) in [6, 6.07) is 13.7. The van der Waals surface area contributed by atoms with E-state index in [0.717, 1.165) is 18.4 Å². The van der Waals surface area contributed by atoms with Gasteiger partial charge in [-0.05, 0) is 60.7 Å². The number of allylic oxidation sites excluding steroid dienone is 1. The number of amides is 2. The van der Waals surface area contributed by atoms with Crippen LogP contribution in [0.2, 0.25) is 0 Å². The van der Waals surface area contributed by atoms with Gasteiger partial charge in [0.1, 0.15) is 5.75 Å². The summed E-state index contributed by atoms with van der Waals surface area (Å²) in [5.41, 5.74) is 1.87. The monoisotopic (exact) mass is 378 g/mol. The van der Waals surface area contributed by atoms with Gasteiger partial charge in [0, 0.05) is 24.7 Å². The predicted octanol–water partition coefficient (Wildman–Crippen LogP) is 3.45. The van der Waals surface area contributed by atoms with Gasteiger partial charge in [0.15, 0.2) is 0 Å². The van der Waals surface area contributed by atoms with Crippen LogP contribution in [0, 0.1) is 5.92 Å². The number of carbonyl (C=O) groups excluding carboxylic acids is 3. The first-order valence-corrected chi connectivity index (χ1v) is 9.14. The largest absolute Gasteiger partial charge is 0.427 e. The SMILES string of the molecule is CC(=O)Oc1cccc(C(=O)Nc2cccc(CNC(=O)/C=C/C3CC3)c2)c1. The van der Waals surface area contributed by atoms with E-state index in [4.69, 9.17) is 4.74 Å². The van der Waals surface area contributed by atoms with E-state index >= 15 is 0 Å². The van der Waals surface area contributed by atoms with E-state index < -0.39 is 5.97 Å². The van der Waals surface area contributed by atoms with Crippen molar-refractivity contribution < 1.29 is 19.1 Å². The van der Waals surface area contributed by atoms with Crippen molar-refractivity contribution in [2.24, 2.45) is 5.92 Å². The molecule has 2 aromatic carbocycles. The van der Waals surface area contributed by atoms with E-state index in [1.165, 1.54) is 13.0 Å². The van der Waals surface area contributed by atoms with E-state index in [0.29, 0.717) is 29.5 Å². The van der Waals surface area contributed by atoms with Crippen molar-refractivity contribution in [1.82, 2.24) is 5.32 Å². The molecule has 3 rings (SSSR count). The summed E-state index contributed by atoms with van der Waals surface area (Å²) in [7, 11) is 0. The molecular weight excluding hydrogens is 356 g/mol. The lowest BCUT2D eigenvalue weighted by Crippen LogP contribution is -2.20. The molecule has 1 saturated carbocycles. The molecule has 0 heterocycles. The van der Waals surface area contributed by atoms with E-state index in [2.05, 4.69) is 10.6 Å². The number of ether oxygens (including phenoxy) is 1. The number of hydrogen-bond donors (Lipinski definition) is 2. The summed E-state index contributed by atoms with van der Waals surface area (Å²) >= 11 is 0. The van der Waals surface area contributed by atoms with Crippen LogP contribution in [0.5, 0.6) is 5.75 Å². The lowest BCUT2D eigenvalue weighted by molar-refractivity contribution is -0.131. The molecule has 144 valence electrons. The molecule has 0 atom stereocenters. The molecule has 1 aliphatic carbocycles. The van der Waals surface area contributed by atoms with Gasteiger partial charge in [-0.3, -0.25) is 14.4 Å². The Morgan fingerprint density at radius 1 is 1.11 bits per heavy atom. The van der Waals surface area contributed by atoms with Gasteiger partial charge in [-0.1, -0.05) is 24.3 Å². The van der Waals surface area contributed by atoms with Crippen molar-refractivity contribution in [3.05, 3.63) is 71.8 Å². The van der Waals surface area contributed by atoms with Crippen LogP contribution in [0.4, 0.5) is 5.69 Å². The molecule has 2 aromatic rings. The third-order valence-electron chi connectivity index (χ3n) is 4.15. The molecule has 6 heteroatoms. The highest BCUT2D eigenvalue weighted by Gasteiger charge is 2.17. The molecule has 0 spiro atoms. The Balaban J connectivity index is 1.58. The number of carbonyl (C=O) groups is 3. The smallest absolute Gasteiger partial charge is 0.308 e. The first-order chi connectivity index (χ1) is 13.5. The maximum atomic E-state index is 12.5. The number of rotatable bonds is 7. The normalized spacial score (nSPS) is 13.2. The Morgan fingerprint density at radius 2 is 1.89 bits per heavy atom. The van der Waals surface area contributed by atoms with Crippen molar-refractivity contribution in [3.63, 3.8) is 0 Å². The molecule has 0 radical (unpaired) electrons. The Morgan fingerprint density at radius 3 is 2.64 bits per heavy atom. The van der Waals surface area contributed by atoms with Gasteiger partial charge >= 0.3 is 5.97 Å². The predicted molar refractivity (Wildman–Crippen MR) is 106 cm³/mol. The summed E-state index contributed by atoms with van der Waals surface area (Å²) in [5.74, 6) is -0.00929. The lowest BCUT2D eigenvalue weighted by atomic mass is 10.1. The molecule has 0 aliphatic heterocycles. The van der Waals surface area contributed by atoms with Crippen LogP contribution in [0.15, 0.2) is 60.7 Å². The minimum atomic E-state index is -0.445. The highest BCUT2D eigenvalue weighted by Crippen LogP contribution is 2.29. The standard InChI is InChI=1S/C22H22N2O4/c1-15(25)28-20-7-3-5-18(13-20)22(27)24-19-6-2-4-17(12-19)14-23-21(26)11-10-16-8-9-16/h2-7,10-13,16H,8-9,14H2,1H3,(H,23,26)(H,24,27)/b11-10+. The maximum Gasteiger partial charge on any atom is 0.308 e. The van der Waals surface area contributed by atoms with Gasteiger partial charge in [0.2, 0.25) is 5.91 Å². The third-order valence-corrected chi connectivity index (χ3v) is 4.15. The Bertz CT molecular complexity index is 916. The van der Waals surface area contributed by atoms with Crippen LogP contribution in [0.25, 0.3) is 0 Å². The lowest BCUT2D eigenvalue weighted by Gasteiger charge is -2.09. The van der Waals surface area contributed by atoms with Gasteiger partial charge in [0.25, 0.3) is 5.91 Å². The minimum absolute atomic E-state index is 0.122. The molecule has 0 unspecified atom stereocenters. The molecule has 1 aliphatic rings.